The second-order valence-corrected chi connectivity index (χ2v) is 5.76. The van der Waals surface area contributed by atoms with E-state index in [2.05, 4.69) is 9.71 Å². The van der Waals surface area contributed by atoms with Crippen LogP contribution in [0.3, 0.4) is 0 Å². The number of nitrogens with two attached hydrogens (primary N) is 1. The Balaban J connectivity index is 2.17. The number of aromatic nitrogens is 1. The number of nitrogens with one attached hydrogen (secondary N) is 1. The highest BCUT2D eigenvalue weighted by Crippen LogP contribution is 2.16. The molecule has 7 heteroatoms. The smallest absolute Gasteiger partial charge is 0.242 e. The summed E-state index contributed by atoms with van der Waals surface area (Å²) in [6, 6.07) is 6.04. The first kappa shape index (κ1) is 13.7. The van der Waals surface area contributed by atoms with Crippen LogP contribution in [-0.2, 0) is 16.6 Å². The number of hydrogen-bond acceptors (Lipinski definition) is 5. The Bertz CT molecular complexity index is 621. The number of pyridine rings is 1. The van der Waals surface area contributed by atoms with Gasteiger partial charge in [0.2, 0.25) is 10.0 Å². The van der Waals surface area contributed by atoms with Crippen LogP contribution in [0.4, 0.5) is 0 Å². The molecule has 0 radical (unpaired) electrons. The molecule has 1 unspecified atom stereocenters. The molecule has 0 aromatic carbocycles. The molecule has 2 heterocycles. The Morgan fingerprint density at radius 3 is 2.74 bits per heavy atom. The predicted octanol–water partition coefficient (Wildman–Crippen LogP) is 1.17. The van der Waals surface area contributed by atoms with E-state index in [-0.39, 0.29) is 11.4 Å². The third-order valence-electron chi connectivity index (χ3n) is 2.62. The van der Waals surface area contributed by atoms with Crippen LogP contribution in [0.15, 0.2) is 46.0 Å². The van der Waals surface area contributed by atoms with Crippen molar-refractivity contribution in [3.05, 3.63) is 48.2 Å². The summed E-state index contributed by atoms with van der Waals surface area (Å²) in [4.78, 5) is 4.07. The first-order valence-electron chi connectivity index (χ1n) is 5.73. The van der Waals surface area contributed by atoms with Gasteiger partial charge < -0.3 is 10.2 Å². The highest BCUT2D eigenvalue weighted by molar-refractivity contribution is 7.89. The van der Waals surface area contributed by atoms with Crippen molar-refractivity contribution < 1.29 is 12.8 Å². The molecule has 0 saturated heterocycles. The average molecular weight is 281 g/mol. The van der Waals surface area contributed by atoms with E-state index in [0.29, 0.717) is 11.5 Å². The first-order valence-corrected chi connectivity index (χ1v) is 7.22. The van der Waals surface area contributed by atoms with Gasteiger partial charge in [0.05, 0.1) is 18.0 Å². The molecule has 0 saturated carbocycles. The van der Waals surface area contributed by atoms with Gasteiger partial charge in [-0.15, -0.1) is 0 Å². The highest BCUT2D eigenvalue weighted by atomic mass is 32.2. The van der Waals surface area contributed by atoms with Crippen LogP contribution in [-0.4, -0.2) is 13.4 Å². The molecule has 0 fully saturated rings. The van der Waals surface area contributed by atoms with E-state index in [1.54, 1.807) is 25.1 Å². The molecular weight excluding hydrogens is 266 g/mol. The molecular formula is C12H15N3O3S. The number of sulfonamides is 1. The van der Waals surface area contributed by atoms with Crippen molar-refractivity contribution in [3.8, 4) is 0 Å². The van der Waals surface area contributed by atoms with Gasteiger partial charge in [-0.2, -0.15) is 0 Å². The number of rotatable bonds is 5. The Morgan fingerprint density at radius 2 is 2.21 bits per heavy atom. The second kappa shape index (κ2) is 5.52. The lowest BCUT2D eigenvalue weighted by molar-refractivity contribution is 0.459. The minimum atomic E-state index is -3.62. The van der Waals surface area contributed by atoms with Crippen LogP contribution in [0.5, 0.6) is 0 Å². The van der Waals surface area contributed by atoms with Crippen LogP contribution in [0.25, 0.3) is 0 Å². The van der Waals surface area contributed by atoms with Gasteiger partial charge >= 0.3 is 0 Å². The van der Waals surface area contributed by atoms with Gasteiger partial charge in [0.15, 0.2) is 0 Å². The van der Waals surface area contributed by atoms with E-state index >= 15 is 0 Å². The lowest BCUT2D eigenvalue weighted by Gasteiger charge is -2.12. The van der Waals surface area contributed by atoms with E-state index in [9.17, 15) is 8.42 Å². The summed E-state index contributed by atoms with van der Waals surface area (Å²) >= 11 is 0. The molecule has 2 aromatic rings. The van der Waals surface area contributed by atoms with Crippen molar-refractivity contribution >= 4 is 10.0 Å². The fourth-order valence-corrected chi connectivity index (χ4v) is 2.74. The summed E-state index contributed by atoms with van der Waals surface area (Å²) in [6.45, 7) is 1.98. The molecule has 0 amide bonds. The third kappa shape index (κ3) is 3.19. The third-order valence-corrected chi connectivity index (χ3v) is 4.14. The lowest BCUT2D eigenvalue weighted by Crippen LogP contribution is -2.26. The van der Waals surface area contributed by atoms with E-state index < -0.39 is 16.1 Å². The lowest BCUT2D eigenvalue weighted by atomic mass is 10.3. The number of hydrogen-bond donors (Lipinski definition) is 2. The summed E-state index contributed by atoms with van der Waals surface area (Å²) in [5.41, 5.74) is 6.05. The van der Waals surface area contributed by atoms with Gasteiger partial charge in [-0.05, 0) is 31.2 Å². The Hall–Kier alpha value is -1.70. The van der Waals surface area contributed by atoms with Gasteiger partial charge in [0, 0.05) is 12.7 Å². The van der Waals surface area contributed by atoms with Crippen molar-refractivity contribution in [2.75, 3.05) is 0 Å². The largest absolute Gasteiger partial charge is 0.468 e. The minimum Gasteiger partial charge on any atom is -0.468 e. The van der Waals surface area contributed by atoms with Gasteiger partial charge in [0.1, 0.15) is 10.7 Å². The highest BCUT2D eigenvalue weighted by Gasteiger charge is 2.20. The summed E-state index contributed by atoms with van der Waals surface area (Å²) in [7, 11) is -3.62. The molecule has 102 valence electrons. The van der Waals surface area contributed by atoms with Crippen LogP contribution in [0.1, 0.15) is 24.4 Å². The molecule has 1 atom stereocenters. The molecule has 0 bridgehead atoms. The van der Waals surface area contributed by atoms with Crippen LogP contribution in [0.2, 0.25) is 0 Å². The van der Waals surface area contributed by atoms with E-state index in [0.717, 1.165) is 0 Å². The SMILES string of the molecule is CC(NS(=O)(=O)c1ccc(CN)nc1)c1ccco1. The fraction of sp³-hybridized carbons (Fsp3) is 0.250. The fourth-order valence-electron chi connectivity index (χ4n) is 1.59. The number of nitrogens with zero attached hydrogens (tertiary/aromatic N) is 1. The zero-order valence-corrected chi connectivity index (χ0v) is 11.2. The maximum atomic E-state index is 12.1. The van der Waals surface area contributed by atoms with Gasteiger partial charge in [-0.3, -0.25) is 4.98 Å². The predicted molar refractivity (Wildman–Crippen MR) is 69.6 cm³/mol. The maximum absolute atomic E-state index is 12.1. The van der Waals surface area contributed by atoms with E-state index in [1.807, 2.05) is 0 Å². The maximum Gasteiger partial charge on any atom is 0.242 e. The standard InChI is InChI=1S/C12H15N3O3S/c1-9(12-3-2-6-18-12)15-19(16,17)11-5-4-10(7-13)14-8-11/h2-6,8-9,15H,7,13H2,1H3. The van der Waals surface area contributed by atoms with Crippen molar-refractivity contribution in [1.29, 1.82) is 0 Å². The van der Waals surface area contributed by atoms with Crippen molar-refractivity contribution in [2.24, 2.45) is 5.73 Å². The molecule has 0 aliphatic carbocycles. The Morgan fingerprint density at radius 1 is 1.42 bits per heavy atom. The van der Waals surface area contributed by atoms with Crippen molar-refractivity contribution in [3.63, 3.8) is 0 Å². The molecule has 6 nitrogen and oxygen atoms in total. The normalized spacial score (nSPS) is 13.4. The van der Waals surface area contributed by atoms with E-state index in [4.69, 9.17) is 10.2 Å². The van der Waals surface area contributed by atoms with Gasteiger partial charge in [0.25, 0.3) is 0 Å². The van der Waals surface area contributed by atoms with Crippen molar-refractivity contribution in [2.45, 2.75) is 24.4 Å². The first-order chi connectivity index (χ1) is 9.03. The zero-order chi connectivity index (χ0) is 13.9. The Labute approximate surface area is 111 Å². The topological polar surface area (TPSA) is 98.2 Å². The van der Waals surface area contributed by atoms with Crippen LogP contribution < -0.4 is 10.5 Å². The molecule has 0 aliphatic heterocycles. The molecule has 19 heavy (non-hydrogen) atoms. The average Bonchev–Trinajstić information content (AvgIpc) is 2.92. The number of furan rings is 1. The van der Waals surface area contributed by atoms with E-state index in [1.165, 1.54) is 18.5 Å². The van der Waals surface area contributed by atoms with Gasteiger partial charge in [-0.1, -0.05) is 0 Å². The Kier molecular flexibility index (Phi) is 3.98. The zero-order valence-electron chi connectivity index (χ0n) is 10.4. The summed E-state index contributed by atoms with van der Waals surface area (Å²) in [5.74, 6) is 0.551. The quantitative estimate of drug-likeness (QED) is 0.857. The summed E-state index contributed by atoms with van der Waals surface area (Å²) in [5, 5.41) is 0. The monoisotopic (exact) mass is 281 g/mol. The molecule has 2 aromatic heterocycles. The van der Waals surface area contributed by atoms with Gasteiger partial charge in [-0.25, -0.2) is 13.1 Å². The second-order valence-electron chi connectivity index (χ2n) is 4.05. The van der Waals surface area contributed by atoms with Crippen LogP contribution >= 0.6 is 0 Å². The summed E-state index contributed by atoms with van der Waals surface area (Å²) in [6.07, 6.45) is 2.79. The molecule has 2 rings (SSSR count). The molecule has 3 N–H and O–H groups in total. The summed E-state index contributed by atoms with van der Waals surface area (Å²) < 4.78 is 31.9. The minimum absolute atomic E-state index is 0.100. The molecule has 0 aliphatic rings. The van der Waals surface area contributed by atoms with Crippen molar-refractivity contribution in [1.82, 2.24) is 9.71 Å². The van der Waals surface area contributed by atoms with Crippen LogP contribution in [0, 0.1) is 0 Å². The molecule has 0 spiro atoms.